The first kappa shape index (κ1) is 13.4. The van der Waals surface area contributed by atoms with Gasteiger partial charge >= 0.3 is 0 Å². The van der Waals surface area contributed by atoms with Crippen LogP contribution in [0, 0.1) is 0 Å². The molecule has 0 aromatic heterocycles. The summed E-state index contributed by atoms with van der Waals surface area (Å²) in [6, 6.07) is 5.69. The molecule has 5 nitrogen and oxygen atoms in total. The number of hydrogen-bond acceptors (Lipinski definition) is 4. The van der Waals surface area contributed by atoms with Crippen molar-refractivity contribution in [2.24, 2.45) is 0 Å². The Kier molecular flexibility index (Phi) is 3.40. The molecule has 1 aromatic carbocycles. The minimum Gasteiger partial charge on any atom is -0.497 e. The van der Waals surface area contributed by atoms with Gasteiger partial charge in [0.05, 0.1) is 7.11 Å². The predicted molar refractivity (Wildman–Crippen MR) is 74.1 cm³/mol. The summed E-state index contributed by atoms with van der Waals surface area (Å²) in [6.07, 6.45) is 1.53. The summed E-state index contributed by atoms with van der Waals surface area (Å²) in [5.74, 6) is 0.590. The molecule has 1 aromatic rings. The van der Waals surface area contributed by atoms with E-state index in [4.69, 9.17) is 9.47 Å². The first-order valence-electron chi connectivity index (χ1n) is 6.93. The van der Waals surface area contributed by atoms with E-state index in [9.17, 15) is 9.90 Å². The van der Waals surface area contributed by atoms with Gasteiger partial charge in [-0.2, -0.15) is 0 Å². The van der Waals surface area contributed by atoms with Crippen LogP contribution in [0.4, 0.5) is 5.69 Å². The molecule has 0 unspecified atom stereocenters. The van der Waals surface area contributed by atoms with E-state index in [0.717, 1.165) is 23.4 Å². The third-order valence-electron chi connectivity index (χ3n) is 4.15. The largest absolute Gasteiger partial charge is 0.497 e. The summed E-state index contributed by atoms with van der Waals surface area (Å²) in [5.41, 5.74) is 0.698. The van der Waals surface area contributed by atoms with E-state index in [-0.39, 0.29) is 5.91 Å². The molecule has 1 N–H and O–H groups in total. The summed E-state index contributed by atoms with van der Waals surface area (Å²) in [7, 11) is 1.63. The van der Waals surface area contributed by atoms with Crippen LogP contribution in [0.2, 0.25) is 0 Å². The van der Waals surface area contributed by atoms with Crippen molar-refractivity contribution in [3.8, 4) is 5.75 Å². The molecule has 108 valence electrons. The molecule has 0 atom stereocenters. The number of methoxy groups -OCH3 is 1. The van der Waals surface area contributed by atoms with Crippen molar-refractivity contribution in [3.05, 3.63) is 23.8 Å². The number of aliphatic hydroxyl groups is 1. The summed E-state index contributed by atoms with van der Waals surface area (Å²) in [4.78, 5) is 14.3. The van der Waals surface area contributed by atoms with Gasteiger partial charge in [-0.3, -0.25) is 4.79 Å². The van der Waals surface area contributed by atoms with Gasteiger partial charge in [0.2, 0.25) is 0 Å². The number of carbonyl (C=O) groups excluding carboxylic acids is 1. The van der Waals surface area contributed by atoms with Crippen LogP contribution in [-0.2, 0) is 16.0 Å². The zero-order valence-corrected chi connectivity index (χ0v) is 11.6. The maximum Gasteiger partial charge on any atom is 0.259 e. The number of rotatable bonds is 2. The average Bonchev–Trinajstić information content (AvgIpc) is 2.89. The lowest BCUT2D eigenvalue weighted by atomic mass is 9.92. The second-order valence-electron chi connectivity index (χ2n) is 5.35. The van der Waals surface area contributed by atoms with Gasteiger partial charge in [0.25, 0.3) is 5.91 Å². The van der Waals surface area contributed by atoms with Crippen molar-refractivity contribution >= 4 is 11.6 Å². The van der Waals surface area contributed by atoms with Crippen LogP contribution in [0.25, 0.3) is 0 Å². The standard InChI is InChI=1S/C15H19NO4/c1-19-12-2-3-13-11(10-12)4-7-16(13)14(17)15(18)5-8-20-9-6-15/h2-3,10,18H,4-9H2,1H3. The summed E-state index contributed by atoms with van der Waals surface area (Å²) in [6.45, 7) is 1.49. The minimum atomic E-state index is -1.28. The molecule has 5 heteroatoms. The smallest absolute Gasteiger partial charge is 0.259 e. The number of benzene rings is 1. The molecule has 0 saturated carbocycles. The van der Waals surface area contributed by atoms with Crippen molar-refractivity contribution in [2.75, 3.05) is 31.8 Å². The van der Waals surface area contributed by atoms with E-state index < -0.39 is 5.60 Å². The lowest BCUT2D eigenvalue weighted by molar-refractivity contribution is -0.146. The predicted octanol–water partition coefficient (Wildman–Crippen LogP) is 1.13. The van der Waals surface area contributed by atoms with Crippen LogP contribution in [0.3, 0.4) is 0 Å². The number of anilines is 1. The summed E-state index contributed by atoms with van der Waals surface area (Å²) in [5, 5.41) is 10.5. The Labute approximate surface area is 118 Å². The summed E-state index contributed by atoms with van der Waals surface area (Å²) < 4.78 is 10.4. The Morgan fingerprint density at radius 2 is 2.15 bits per heavy atom. The van der Waals surface area contributed by atoms with Crippen LogP contribution >= 0.6 is 0 Å². The van der Waals surface area contributed by atoms with Gasteiger partial charge in [0, 0.05) is 38.3 Å². The van der Waals surface area contributed by atoms with Crippen LogP contribution < -0.4 is 9.64 Å². The van der Waals surface area contributed by atoms with Crippen molar-refractivity contribution in [3.63, 3.8) is 0 Å². The molecule has 0 bridgehead atoms. The molecule has 0 radical (unpaired) electrons. The second-order valence-corrected chi connectivity index (χ2v) is 5.35. The molecule has 2 aliphatic rings. The molecule has 1 amide bonds. The molecular formula is C15H19NO4. The number of amides is 1. The Morgan fingerprint density at radius 1 is 1.40 bits per heavy atom. The monoisotopic (exact) mass is 277 g/mol. The minimum absolute atomic E-state index is 0.204. The molecule has 20 heavy (non-hydrogen) atoms. The highest BCUT2D eigenvalue weighted by atomic mass is 16.5. The molecule has 3 rings (SSSR count). The highest BCUT2D eigenvalue weighted by molar-refractivity contribution is 6.01. The average molecular weight is 277 g/mol. The third-order valence-corrected chi connectivity index (χ3v) is 4.15. The quantitative estimate of drug-likeness (QED) is 0.880. The molecule has 2 aliphatic heterocycles. The lowest BCUT2D eigenvalue weighted by Gasteiger charge is -2.34. The molecule has 0 spiro atoms. The normalized spacial score (nSPS) is 20.6. The Morgan fingerprint density at radius 3 is 2.85 bits per heavy atom. The van der Waals surface area contributed by atoms with E-state index in [2.05, 4.69) is 0 Å². The van der Waals surface area contributed by atoms with E-state index in [0.29, 0.717) is 32.6 Å². The molecule has 0 aliphatic carbocycles. The molecule has 2 heterocycles. The van der Waals surface area contributed by atoms with E-state index >= 15 is 0 Å². The van der Waals surface area contributed by atoms with Gasteiger partial charge < -0.3 is 19.5 Å². The zero-order valence-electron chi connectivity index (χ0n) is 11.6. The first-order valence-corrected chi connectivity index (χ1v) is 6.93. The van der Waals surface area contributed by atoms with Crippen LogP contribution in [0.15, 0.2) is 18.2 Å². The van der Waals surface area contributed by atoms with Gasteiger partial charge in [-0.25, -0.2) is 0 Å². The Hall–Kier alpha value is -1.59. The van der Waals surface area contributed by atoms with E-state index in [1.807, 2.05) is 18.2 Å². The number of hydrogen-bond donors (Lipinski definition) is 1. The van der Waals surface area contributed by atoms with Gasteiger partial charge in [0.15, 0.2) is 0 Å². The fraction of sp³-hybridized carbons (Fsp3) is 0.533. The highest BCUT2D eigenvalue weighted by Gasteiger charge is 2.42. The molecule has 1 fully saturated rings. The van der Waals surface area contributed by atoms with E-state index in [1.54, 1.807) is 12.0 Å². The third kappa shape index (κ3) is 2.17. The molecule has 1 saturated heterocycles. The fourth-order valence-electron chi connectivity index (χ4n) is 2.89. The fourth-order valence-corrected chi connectivity index (χ4v) is 2.89. The van der Waals surface area contributed by atoms with Crippen LogP contribution in [0.5, 0.6) is 5.75 Å². The SMILES string of the molecule is COc1ccc2c(c1)CCN2C(=O)C1(O)CCOCC1. The number of fused-ring (bicyclic) bond motifs is 1. The second kappa shape index (κ2) is 5.07. The number of ether oxygens (including phenoxy) is 2. The maximum absolute atomic E-state index is 12.6. The van der Waals surface area contributed by atoms with Crippen molar-refractivity contribution in [1.82, 2.24) is 0 Å². The van der Waals surface area contributed by atoms with E-state index in [1.165, 1.54) is 0 Å². The Bertz CT molecular complexity index is 523. The van der Waals surface area contributed by atoms with Crippen molar-refractivity contribution < 1.29 is 19.4 Å². The number of nitrogens with zero attached hydrogens (tertiary/aromatic N) is 1. The van der Waals surface area contributed by atoms with Crippen molar-refractivity contribution in [1.29, 1.82) is 0 Å². The zero-order chi connectivity index (χ0) is 14.2. The maximum atomic E-state index is 12.6. The summed E-state index contributed by atoms with van der Waals surface area (Å²) >= 11 is 0. The Balaban J connectivity index is 1.85. The highest BCUT2D eigenvalue weighted by Crippen LogP contribution is 2.34. The van der Waals surface area contributed by atoms with Crippen molar-refractivity contribution in [2.45, 2.75) is 24.9 Å². The van der Waals surface area contributed by atoms with Gasteiger partial charge in [0.1, 0.15) is 11.4 Å². The van der Waals surface area contributed by atoms with Gasteiger partial charge in [-0.05, 0) is 30.2 Å². The first-order chi connectivity index (χ1) is 9.64. The topological polar surface area (TPSA) is 59.0 Å². The van der Waals surface area contributed by atoms with Gasteiger partial charge in [-0.15, -0.1) is 0 Å². The van der Waals surface area contributed by atoms with Gasteiger partial charge in [-0.1, -0.05) is 0 Å². The molecular weight excluding hydrogens is 258 g/mol. The number of carbonyl (C=O) groups is 1. The van der Waals surface area contributed by atoms with Crippen LogP contribution in [-0.4, -0.2) is 43.5 Å². The lowest BCUT2D eigenvalue weighted by Crippen LogP contribution is -2.51. The van der Waals surface area contributed by atoms with Crippen LogP contribution in [0.1, 0.15) is 18.4 Å².